The van der Waals surface area contributed by atoms with Crippen LogP contribution < -0.4 is 20.8 Å². The van der Waals surface area contributed by atoms with Gasteiger partial charge in [-0.25, -0.2) is 14.6 Å². The predicted molar refractivity (Wildman–Crippen MR) is 209 cm³/mol. The van der Waals surface area contributed by atoms with E-state index in [-0.39, 0.29) is 25.5 Å². The molecule has 298 valence electrons. The van der Waals surface area contributed by atoms with Crippen molar-refractivity contribution in [2.24, 2.45) is 10.8 Å². The van der Waals surface area contributed by atoms with Gasteiger partial charge in [0.25, 0.3) is 5.91 Å². The summed E-state index contributed by atoms with van der Waals surface area (Å²) in [6.45, 7) is 14.1. The molecule has 4 rings (SSSR count). The lowest BCUT2D eigenvalue weighted by molar-refractivity contribution is -0.133. The maximum Gasteiger partial charge on any atom is 0.405 e. The highest BCUT2D eigenvalue weighted by molar-refractivity contribution is 5.89. The molecule has 1 aliphatic heterocycles. The maximum atomic E-state index is 14.5. The van der Waals surface area contributed by atoms with Gasteiger partial charge in [0.2, 0.25) is 5.91 Å². The van der Waals surface area contributed by atoms with Crippen LogP contribution in [0.3, 0.4) is 0 Å². The Kier molecular flexibility index (Phi) is 14.2. The van der Waals surface area contributed by atoms with Crippen LogP contribution in [0, 0.1) is 17.8 Å². The molecule has 14 heteroatoms. The number of carbonyl (C=O) groups is 4. The van der Waals surface area contributed by atoms with Gasteiger partial charge in [-0.1, -0.05) is 84.0 Å². The van der Waals surface area contributed by atoms with E-state index >= 15 is 0 Å². The first-order chi connectivity index (χ1) is 25.9. The minimum atomic E-state index is -1.34. The zero-order chi connectivity index (χ0) is 40.5. The average Bonchev–Trinajstić information content (AvgIpc) is 3.45. The molecular formula is C41H57N7O7. The molecular weight excluding hydrogens is 702 g/mol. The first-order valence-corrected chi connectivity index (χ1v) is 18.5. The zero-order valence-electron chi connectivity index (χ0n) is 33.2. The average molecular weight is 760 g/mol. The van der Waals surface area contributed by atoms with E-state index in [0.717, 1.165) is 22.3 Å². The summed E-state index contributed by atoms with van der Waals surface area (Å²) in [6, 6.07) is 15.4. The van der Waals surface area contributed by atoms with Crippen LogP contribution in [-0.4, -0.2) is 105 Å². The van der Waals surface area contributed by atoms with Gasteiger partial charge >= 0.3 is 12.1 Å². The van der Waals surface area contributed by atoms with Gasteiger partial charge in [0.15, 0.2) is 0 Å². The Morgan fingerprint density at radius 3 is 2.16 bits per heavy atom. The molecule has 1 fully saturated rings. The Hall–Kier alpha value is -5.21. The van der Waals surface area contributed by atoms with E-state index in [1.165, 1.54) is 5.01 Å². The summed E-state index contributed by atoms with van der Waals surface area (Å²) < 4.78 is 5.30. The Labute approximate surface area is 324 Å². The molecule has 0 aliphatic carbocycles. The van der Waals surface area contributed by atoms with Crippen molar-refractivity contribution < 1.29 is 34.1 Å². The zero-order valence-corrected chi connectivity index (χ0v) is 33.2. The van der Waals surface area contributed by atoms with Crippen molar-refractivity contribution in [2.75, 3.05) is 26.7 Å². The van der Waals surface area contributed by atoms with Crippen LogP contribution in [0.25, 0.3) is 0 Å². The number of methoxy groups -OCH3 is 1. The number of aliphatic hydroxyl groups excluding tert-OH is 1. The number of nitrogens with zero attached hydrogens (tertiary/aromatic N) is 4. The number of aryl methyl sites for hydroxylation is 1. The minimum absolute atomic E-state index is 0.138. The monoisotopic (exact) mass is 759 g/mol. The van der Waals surface area contributed by atoms with E-state index in [2.05, 4.69) is 21.0 Å². The van der Waals surface area contributed by atoms with Gasteiger partial charge < -0.3 is 35.4 Å². The molecule has 4 atom stereocenters. The summed E-state index contributed by atoms with van der Waals surface area (Å²) >= 11 is 0. The normalized spacial score (nSPS) is 15.6. The Bertz CT molecular complexity index is 1760. The number of nitrogens with one attached hydrogen (secondary N) is 3. The van der Waals surface area contributed by atoms with Crippen LogP contribution in [0.1, 0.15) is 63.8 Å². The molecule has 0 spiro atoms. The van der Waals surface area contributed by atoms with E-state index in [0.29, 0.717) is 25.4 Å². The smallest absolute Gasteiger partial charge is 0.405 e. The lowest BCUT2D eigenvalue weighted by Gasteiger charge is -2.38. The fourth-order valence-corrected chi connectivity index (χ4v) is 6.74. The molecule has 2 heterocycles. The number of urea groups is 1. The Morgan fingerprint density at radius 1 is 0.909 bits per heavy atom. The van der Waals surface area contributed by atoms with Crippen molar-refractivity contribution in [1.82, 2.24) is 35.9 Å². The second-order valence-corrected chi connectivity index (χ2v) is 16.3. The number of aliphatic hydroxyl groups is 1. The van der Waals surface area contributed by atoms with E-state index in [9.17, 15) is 29.4 Å². The number of ether oxygens (including phenoxy) is 1. The second kappa shape index (κ2) is 18.4. The molecule has 1 aromatic heterocycles. The molecule has 5 N–H and O–H groups in total. The number of hydrogen-bond donors (Lipinski definition) is 5. The Balaban J connectivity index is 1.62. The van der Waals surface area contributed by atoms with E-state index < -0.39 is 53.0 Å². The first-order valence-electron chi connectivity index (χ1n) is 18.5. The number of aromatic nitrogens is 1. The maximum absolute atomic E-state index is 14.5. The number of hydrogen-bond acceptors (Lipinski definition) is 8. The van der Waals surface area contributed by atoms with E-state index in [4.69, 9.17) is 4.74 Å². The van der Waals surface area contributed by atoms with E-state index in [1.54, 1.807) is 62.2 Å². The third-order valence-electron chi connectivity index (χ3n) is 9.71. The van der Waals surface area contributed by atoms with Crippen LogP contribution in [0.4, 0.5) is 9.59 Å². The van der Waals surface area contributed by atoms with Gasteiger partial charge in [-0.15, -0.1) is 0 Å². The molecule has 2 aromatic carbocycles. The van der Waals surface area contributed by atoms with Gasteiger partial charge in [-0.05, 0) is 64.6 Å². The summed E-state index contributed by atoms with van der Waals surface area (Å²) in [5.74, 6) is -0.376. The summed E-state index contributed by atoms with van der Waals surface area (Å²) in [5.41, 5.74) is 4.98. The topological polar surface area (TPSA) is 177 Å². The van der Waals surface area contributed by atoms with Gasteiger partial charge in [-0.3, -0.25) is 20.0 Å². The number of benzene rings is 2. The molecule has 0 radical (unpaired) electrons. The van der Waals surface area contributed by atoms with Gasteiger partial charge in [-0.2, -0.15) is 0 Å². The van der Waals surface area contributed by atoms with Crippen molar-refractivity contribution >= 4 is 23.9 Å². The largest absolute Gasteiger partial charge is 0.497 e. The molecule has 0 bridgehead atoms. The quantitative estimate of drug-likeness (QED) is 0.133. The molecule has 0 saturated carbocycles. The van der Waals surface area contributed by atoms with Crippen molar-refractivity contribution in [2.45, 2.75) is 92.2 Å². The van der Waals surface area contributed by atoms with Crippen LogP contribution in [0.15, 0.2) is 73.1 Å². The molecule has 55 heavy (non-hydrogen) atoms. The SMILES string of the molecule is COc1ccc(CN(C[C@H](O)[C@H](Cc2ccccc2)NC(=O)[C@@H](N2CCN(Cc3cnccc3C)C2=O)C(C)(C)C)NC(=O)[C@@H](NC(=O)O)C(C)(C)C)cc1. The summed E-state index contributed by atoms with van der Waals surface area (Å²) in [4.78, 5) is 61.2. The first kappa shape index (κ1) is 42.5. The van der Waals surface area contributed by atoms with Crippen molar-refractivity contribution in [3.8, 4) is 5.75 Å². The Morgan fingerprint density at radius 2 is 1.58 bits per heavy atom. The van der Waals surface area contributed by atoms with Crippen LogP contribution in [-0.2, 0) is 29.1 Å². The third kappa shape index (κ3) is 11.9. The highest BCUT2D eigenvalue weighted by Gasteiger charge is 2.44. The van der Waals surface area contributed by atoms with Crippen LogP contribution >= 0.6 is 0 Å². The fourth-order valence-electron chi connectivity index (χ4n) is 6.74. The van der Waals surface area contributed by atoms with Crippen molar-refractivity contribution in [1.29, 1.82) is 0 Å². The van der Waals surface area contributed by atoms with Gasteiger partial charge in [0.05, 0.1) is 19.3 Å². The number of carboxylic acid groups (broad SMARTS) is 1. The van der Waals surface area contributed by atoms with Gasteiger partial charge in [0, 0.05) is 45.1 Å². The summed E-state index contributed by atoms with van der Waals surface area (Å²) in [5, 5.41) is 28.5. The fraction of sp³-hybridized carbons (Fsp3) is 0.488. The third-order valence-corrected chi connectivity index (χ3v) is 9.71. The highest BCUT2D eigenvalue weighted by atomic mass is 16.5. The van der Waals surface area contributed by atoms with Crippen molar-refractivity contribution in [3.63, 3.8) is 0 Å². The molecule has 1 aliphatic rings. The summed E-state index contributed by atoms with van der Waals surface area (Å²) in [6.07, 6.45) is 1.13. The molecule has 0 unspecified atom stereocenters. The molecule has 5 amide bonds. The number of carbonyl (C=O) groups excluding carboxylic acids is 3. The molecule has 14 nitrogen and oxygen atoms in total. The number of rotatable bonds is 16. The highest BCUT2D eigenvalue weighted by Crippen LogP contribution is 2.29. The number of hydrazine groups is 1. The molecule has 3 aromatic rings. The lowest BCUT2D eigenvalue weighted by atomic mass is 9.84. The lowest BCUT2D eigenvalue weighted by Crippen LogP contribution is -2.61. The second-order valence-electron chi connectivity index (χ2n) is 16.3. The predicted octanol–water partition coefficient (Wildman–Crippen LogP) is 4.36. The van der Waals surface area contributed by atoms with Crippen LogP contribution in [0.5, 0.6) is 5.75 Å². The standard InChI is InChI=1S/C41H57N7O7/c1-27-18-19-42-23-30(27)25-46-20-21-48(39(46)54)35(41(5,6)7)37(51)43-32(22-28-12-10-9-11-13-28)33(49)26-47(24-29-14-16-31(55-8)17-15-29)45-36(50)34(40(2,3)4)44-38(52)53/h9-19,23,32-35,44,49H,20-22,24-26H2,1-8H3,(H,43,51)(H,45,50)(H,52,53)/t32-,33-,34+,35+/m0/s1. The number of amides is 5. The van der Waals surface area contributed by atoms with Crippen LogP contribution in [0.2, 0.25) is 0 Å². The summed E-state index contributed by atoms with van der Waals surface area (Å²) in [7, 11) is 1.56. The van der Waals surface area contributed by atoms with E-state index in [1.807, 2.05) is 76.2 Å². The van der Waals surface area contributed by atoms with Gasteiger partial charge in [0.1, 0.15) is 17.8 Å². The molecule has 1 saturated heterocycles. The minimum Gasteiger partial charge on any atom is -0.497 e. The van der Waals surface area contributed by atoms with Crippen molar-refractivity contribution in [3.05, 3.63) is 95.3 Å². The number of pyridine rings is 1.